The number of aromatic nitrogens is 2. The van der Waals surface area contributed by atoms with Crippen LogP contribution in [0.25, 0.3) is 10.9 Å². The predicted molar refractivity (Wildman–Crippen MR) is 97.6 cm³/mol. The van der Waals surface area contributed by atoms with Crippen LogP contribution in [0.4, 0.5) is 0 Å². The first-order valence-electron chi connectivity index (χ1n) is 8.21. The highest BCUT2D eigenvalue weighted by molar-refractivity contribution is 5.82. The van der Waals surface area contributed by atoms with E-state index < -0.39 is 0 Å². The van der Waals surface area contributed by atoms with Crippen molar-refractivity contribution in [1.29, 1.82) is 0 Å². The molecule has 0 amide bonds. The number of benzene rings is 2. The number of ether oxygens (including phenoxy) is 1. The molecule has 0 aliphatic carbocycles. The van der Waals surface area contributed by atoms with Crippen molar-refractivity contribution < 1.29 is 4.74 Å². The summed E-state index contributed by atoms with van der Waals surface area (Å²) in [5.74, 6) is 1.71. The van der Waals surface area contributed by atoms with Crippen molar-refractivity contribution in [1.82, 2.24) is 20.4 Å². The number of aryl methyl sites for hydroxylation is 1. The molecule has 2 N–H and O–H groups in total. The molecule has 24 heavy (non-hydrogen) atoms. The van der Waals surface area contributed by atoms with Crippen LogP contribution in [0.1, 0.15) is 11.3 Å². The van der Waals surface area contributed by atoms with Crippen molar-refractivity contribution >= 4 is 10.9 Å². The van der Waals surface area contributed by atoms with E-state index in [9.17, 15) is 0 Å². The van der Waals surface area contributed by atoms with E-state index >= 15 is 0 Å². The van der Waals surface area contributed by atoms with Gasteiger partial charge in [0.1, 0.15) is 11.5 Å². The number of likely N-dealkylation sites (N-methyl/N-ethyl adjacent to an activating group) is 2. The summed E-state index contributed by atoms with van der Waals surface area (Å²) in [4.78, 5) is 2.25. The molecule has 1 heterocycles. The van der Waals surface area contributed by atoms with Gasteiger partial charge < -0.3 is 10.1 Å². The standard InChI is InChI=1S/C19H24N4O/c1-14-6-4-5-7-19(14)24-15-8-9-17-16(12-15)18(22-21-17)13-23(3)11-10-20-2/h4-9,12,20H,10-11,13H2,1-3H3,(H,21,22). The zero-order valence-electron chi connectivity index (χ0n) is 14.5. The van der Waals surface area contributed by atoms with E-state index in [-0.39, 0.29) is 0 Å². The highest BCUT2D eigenvalue weighted by Gasteiger charge is 2.10. The third-order valence-electron chi connectivity index (χ3n) is 4.10. The Hall–Kier alpha value is -2.37. The number of nitrogens with one attached hydrogen (secondary N) is 2. The third-order valence-corrected chi connectivity index (χ3v) is 4.10. The van der Waals surface area contributed by atoms with Crippen molar-refractivity contribution in [2.45, 2.75) is 13.5 Å². The molecule has 126 valence electrons. The average Bonchev–Trinajstić information content (AvgIpc) is 2.97. The zero-order valence-corrected chi connectivity index (χ0v) is 14.5. The van der Waals surface area contributed by atoms with Gasteiger partial charge in [-0.25, -0.2) is 0 Å². The Morgan fingerprint density at radius 2 is 2.04 bits per heavy atom. The highest BCUT2D eigenvalue weighted by Crippen LogP contribution is 2.28. The van der Waals surface area contributed by atoms with Crippen LogP contribution in [-0.4, -0.2) is 42.3 Å². The van der Waals surface area contributed by atoms with Gasteiger partial charge in [-0.15, -0.1) is 0 Å². The van der Waals surface area contributed by atoms with Crippen molar-refractivity contribution in [3.05, 3.63) is 53.7 Å². The van der Waals surface area contributed by atoms with Crippen molar-refractivity contribution in [2.24, 2.45) is 0 Å². The molecular formula is C19H24N4O. The Morgan fingerprint density at radius 3 is 2.83 bits per heavy atom. The maximum atomic E-state index is 6.05. The summed E-state index contributed by atoms with van der Waals surface area (Å²) in [6.45, 7) is 4.79. The second kappa shape index (κ2) is 7.47. The molecular weight excluding hydrogens is 300 g/mol. The Kier molecular flexibility index (Phi) is 5.13. The molecule has 5 heteroatoms. The monoisotopic (exact) mass is 324 g/mol. The van der Waals surface area contributed by atoms with E-state index in [2.05, 4.69) is 33.5 Å². The molecule has 0 unspecified atom stereocenters. The lowest BCUT2D eigenvalue weighted by Gasteiger charge is -2.15. The summed E-state index contributed by atoms with van der Waals surface area (Å²) in [7, 11) is 4.07. The molecule has 3 rings (SSSR count). The van der Waals surface area contributed by atoms with E-state index in [1.54, 1.807) is 0 Å². The second-order valence-electron chi connectivity index (χ2n) is 6.09. The fourth-order valence-electron chi connectivity index (χ4n) is 2.67. The number of fused-ring (bicyclic) bond motifs is 1. The van der Waals surface area contributed by atoms with Crippen LogP contribution in [0, 0.1) is 6.92 Å². The molecule has 3 aromatic rings. The number of nitrogens with zero attached hydrogens (tertiary/aromatic N) is 2. The van der Waals surface area contributed by atoms with E-state index in [1.807, 2.05) is 50.4 Å². The maximum absolute atomic E-state index is 6.05. The Morgan fingerprint density at radius 1 is 1.21 bits per heavy atom. The largest absolute Gasteiger partial charge is 0.457 e. The molecule has 0 saturated heterocycles. The topological polar surface area (TPSA) is 53.2 Å². The molecule has 5 nitrogen and oxygen atoms in total. The molecule has 2 aromatic carbocycles. The van der Waals surface area contributed by atoms with Crippen LogP contribution >= 0.6 is 0 Å². The van der Waals surface area contributed by atoms with Crippen LogP contribution in [0.3, 0.4) is 0 Å². The molecule has 0 radical (unpaired) electrons. The second-order valence-corrected chi connectivity index (χ2v) is 6.09. The SMILES string of the molecule is CNCCN(C)Cc1n[nH]c2ccc(Oc3ccccc3C)cc12. The maximum Gasteiger partial charge on any atom is 0.130 e. The highest BCUT2D eigenvalue weighted by atomic mass is 16.5. The van der Waals surface area contributed by atoms with Crippen molar-refractivity contribution in [2.75, 3.05) is 27.2 Å². The first-order valence-corrected chi connectivity index (χ1v) is 8.21. The molecule has 0 fully saturated rings. The van der Waals surface area contributed by atoms with Crippen LogP contribution < -0.4 is 10.1 Å². The predicted octanol–water partition coefficient (Wildman–Crippen LogP) is 3.31. The van der Waals surface area contributed by atoms with Crippen LogP contribution in [0.5, 0.6) is 11.5 Å². The van der Waals surface area contributed by atoms with Gasteiger partial charge in [0, 0.05) is 25.0 Å². The van der Waals surface area contributed by atoms with Gasteiger partial charge in [-0.05, 0) is 50.8 Å². The minimum Gasteiger partial charge on any atom is -0.457 e. The molecule has 0 aliphatic rings. The molecule has 0 aliphatic heterocycles. The summed E-state index contributed by atoms with van der Waals surface area (Å²) >= 11 is 0. The summed E-state index contributed by atoms with van der Waals surface area (Å²) in [6.07, 6.45) is 0. The summed E-state index contributed by atoms with van der Waals surface area (Å²) < 4.78 is 6.05. The van der Waals surface area contributed by atoms with Gasteiger partial charge in [-0.3, -0.25) is 10.00 Å². The van der Waals surface area contributed by atoms with Crippen LogP contribution in [0.15, 0.2) is 42.5 Å². The summed E-state index contributed by atoms with van der Waals surface area (Å²) in [5, 5.41) is 11.8. The van der Waals surface area contributed by atoms with Gasteiger partial charge in [-0.2, -0.15) is 5.10 Å². The van der Waals surface area contributed by atoms with Gasteiger partial charge in [-0.1, -0.05) is 18.2 Å². The quantitative estimate of drug-likeness (QED) is 0.700. The van der Waals surface area contributed by atoms with E-state index in [4.69, 9.17) is 4.74 Å². The molecule has 1 aromatic heterocycles. The molecule has 0 spiro atoms. The molecule has 0 atom stereocenters. The zero-order chi connectivity index (χ0) is 16.9. The fraction of sp³-hybridized carbons (Fsp3) is 0.316. The minimum absolute atomic E-state index is 0.801. The Balaban J connectivity index is 1.82. The van der Waals surface area contributed by atoms with Crippen molar-refractivity contribution in [3.8, 4) is 11.5 Å². The fourth-order valence-corrected chi connectivity index (χ4v) is 2.67. The van der Waals surface area contributed by atoms with Crippen LogP contribution in [-0.2, 0) is 6.54 Å². The smallest absolute Gasteiger partial charge is 0.130 e. The third kappa shape index (κ3) is 3.75. The van der Waals surface area contributed by atoms with E-state index in [0.29, 0.717) is 0 Å². The Labute approximate surface area is 142 Å². The molecule has 0 bridgehead atoms. The van der Waals surface area contributed by atoms with Gasteiger partial charge in [0.25, 0.3) is 0 Å². The number of H-pyrrole nitrogens is 1. The summed E-state index contributed by atoms with van der Waals surface area (Å²) in [6, 6.07) is 14.1. The minimum atomic E-state index is 0.801. The van der Waals surface area contributed by atoms with Crippen LogP contribution in [0.2, 0.25) is 0 Å². The van der Waals surface area contributed by atoms with Gasteiger partial charge in [0.05, 0.1) is 11.2 Å². The first-order chi connectivity index (χ1) is 11.7. The summed E-state index contributed by atoms with van der Waals surface area (Å²) in [5.41, 5.74) is 3.19. The Bertz CT molecular complexity index is 812. The number of aromatic amines is 1. The number of hydrogen-bond donors (Lipinski definition) is 2. The van der Waals surface area contributed by atoms with Crippen molar-refractivity contribution in [3.63, 3.8) is 0 Å². The van der Waals surface area contributed by atoms with E-state index in [0.717, 1.165) is 53.3 Å². The van der Waals surface area contributed by atoms with Gasteiger partial charge in [0.15, 0.2) is 0 Å². The van der Waals surface area contributed by atoms with Gasteiger partial charge in [0.2, 0.25) is 0 Å². The lowest BCUT2D eigenvalue weighted by molar-refractivity contribution is 0.325. The lowest BCUT2D eigenvalue weighted by Crippen LogP contribution is -2.27. The molecule has 0 saturated carbocycles. The number of para-hydroxylation sites is 1. The normalized spacial score (nSPS) is 11.3. The lowest BCUT2D eigenvalue weighted by atomic mass is 10.2. The number of hydrogen-bond acceptors (Lipinski definition) is 4. The first kappa shape index (κ1) is 16.5. The van der Waals surface area contributed by atoms with Gasteiger partial charge >= 0.3 is 0 Å². The van der Waals surface area contributed by atoms with E-state index in [1.165, 1.54) is 0 Å². The average molecular weight is 324 g/mol. The number of rotatable bonds is 7.